The number of carbonyl (C=O) groups is 1. The van der Waals surface area contributed by atoms with Crippen LogP contribution < -0.4 is 0 Å². The Kier molecular flexibility index (Phi) is 2.81. The number of benzene rings is 1. The minimum Gasteiger partial charge on any atom is -0.332 e. The molecule has 1 aliphatic rings. The molecule has 0 saturated carbocycles. The van der Waals surface area contributed by atoms with Gasteiger partial charge in [0.25, 0.3) is 5.91 Å². The zero-order valence-corrected chi connectivity index (χ0v) is 10.6. The van der Waals surface area contributed by atoms with Gasteiger partial charge in [0.15, 0.2) is 0 Å². The van der Waals surface area contributed by atoms with E-state index in [1.165, 1.54) is 6.07 Å². The molecular formula is C14H14FN3O. The smallest absolute Gasteiger partial charge is 0.257 e. The second-order valence-corrected chi connectivity index (χ2v) is 4.75. The highest BCUT2D eigenvalue weighted by Gasteiger charge is 2.24. The molecule has 0 aliphatic carbocycles. The number of hydrogen-bond acceptors (Lipinski definition) is 2. The quantitative estimate of drug-likeness (QED) is 0.785. The van der Waals surface area contributed by atoms with Gasteiger partial charge >= 0.3 is 0 Å². The predicted octanol–water partition coefficient (Wildman–Crippen LogP) is 1.99. The third-order valence-electron chi connectivity index (χ3n) is 3.39. The Hall–Kier alpha value is -2.17. The summed E-state index contributed by atoms with van der Waals surface area (Å²) in [6, 6.07) is 4.69. The maximum absolute atomic E-state index is 13.8. The van der Waals surface area contributed by atoms with Crippen molar-refractivity contribution < 1.29 is 9.18 Å². The number of aryl methyl sites for hydroxylation is 1. The number of hydrogen-bond donors (Lipinski definition) is 0. The van der Waals surface area contributed by atoms with Crippen LogP contribution in [0.5, 0.6) is 0 Å². The van der Waals surface area contributed by atoms with Crippen molar-refractivity contribution in [1.29, 1.82) is 0 Å². The Bertz CT molecular complexity index is 635. The van der Waals surface area contributed by atoms with Gasteiger partial charge in [-0.3, -0.25) is 4.79 Å². The summed E-state index contributed by atoms with van der Waals surface area (Å²) in [7, 11) is 0. The number of imidazole rings is 1. The van der Waals surface area contributed by atoms with Gasteiger partial charge in [0.1, 0.15) is 11.6 Å². The van der Waals surface area contributed by atoms with E-state index in [-0.39, 0.29) is 11.5 Å². The van der Waals surface area contributed by atoms with Crippen LogP contribution in [0.15, 0.2) is 30.6 Å². The molecule has 0 unspecified atom stereocenters. The molecule has 0 N–H and O–H groups in total. The Morgan fingerprint density at radius 3 is 3.00 bits per heavy atom. The summed E-state index contributed by atoms with van der Waals surface area (Å²) in [6.45, 7) is 3.51. The second kappa shape index (κ2) is 4.50. The Labute approximate surface area is 110 Å². The standard InChI is InChI=1S/C14H14FN3O/c1-10-2-3-11(12(15)8-10)14(19)18-7-6-17-5-4-16-13(17)9-18/h2-5,8H,6-7,9H2,1H3. The van der Waals surface area contributed by atoms with Crippen LogP contribution in [0.25, 0.3) is 0 Å². The van der Waals surface area contributed by atoms with Gasteiger partial charge < -0.3 is 9.47 Å². The molecule has 1 aromatic heterocycles. The average Bonchev–Trinajstić information content (AvgIpc) is 2.85. The molecule has 0 radical (unpaired) electrons. The normalized spacial score (nSPS) is 14.3. The van der Waals surface area contributed by atoms with Crippen molar-refractivity contribution in [3.8, 4) is 0 Å². The van der Waals surface area contributed by atoms with Crippen LogP contribution in [0.1, 0.15) is 21.7 Å². The van der Waals surface area contributed by atoms with E-state index in [4.69, 9.17) is 0 Å². The van der Waals surface area contributed by atoms with E-state index in [0.717, 1.165) is 11.4 Å². The monoisotopic (exact) mass is 259 g/mol. The first-order valence-corrected chi connectivity index (χ1v) is 6.20. The Morgan fingerprint density at radius 1 is 1.37 bits per heavy atom. The Balaban J connectivity index is 1.85. The number of nitrogens with zero attached hydrogens (tertiary/aromatic N) is 3. The number of halogens is 1. The van der Waals surface area contributed by atoms with Crippen LogP contribution in [0.4, 0.5) is 4.39 Å². The average molecular weight is 259 g/mol. The van der Waals surface area contributed by atoms with Gasteiger partial charge in [-0.2, -0.15) is 0 Å². The molecule has 2 heterocycles. The van der Waals surface area contributed by atoms with E-state index < -0.39 is 5.82 Å². The maximum atomic E-state index is 13.8. The molecule has 0 saturated heterocycles. The van der Waals surface area contributed by atoms with Crippen LogP contribution in [-0.4, -0.2) is 26.9 Å². The summed E-state index contributed by atoms with van der Waals surface area (Å²) >= 11 is 0. The molecule has 5 heteroatoms. The number of fused-ring (bicyclic) bond motifs is 1. The molecule has 1 aromatic carbocycles. The molecular weight excluding hydrogens is 245 g/mol. The lowest BCUT2D eigenvalue weighted by molar-refractivity contribution is 0.0702. The van der Waals surface area contributed by atoms with E-state index in [0.29, 0.717) is 19.6 Å². The highest BCUT2D eigenvalue weighted by Crippen LogP contribution is 2.17. The number of carbonyl (C=O) groups excluding carboxylic acids is 1. The molecule has 0 spiro atoms. The first-order valence-electron chi connectivity index (χ1n) is 6.20. The van der Waals surface area contributed by atoms with Gasteiger partial charge in [0.05, 0.1) is 12.1 Å². The lowest BCUT2D eigenvalue weighted by Gasteiger charge is -2.27. The lowest BCUT2D eigenvalue weighted by atomic mass is 10.1. The van der Waals surface area contributed by atoms with Gasteiger partial charge in [0, 0.05) is 25.5 Å². The van der Waals surface area contributed by atoms with Crippen molar-refractivity contribution in [3.05, 3.63) is 53.4 Å². The summed E-state index contributed by atoms with van der Waals surface area (Å²) < 4.78 is 15.8. The maximum Gasteiger partial charge on any atom is 0.257 e. The third kappa shape index (κ3) is 2.12. The minimum absolute atomic E-state index is 0.130. The fraction of sp³-hybridized carbons (Fsp3) is 0.286. The van der Waals surface area contributed by atoms with E-state index in [1.807, 2.05) is 10.8 Å². The molecule has 1 amide bonds. The SMILES string of the molecule is Cc1ccc(C(=O)N2CCn3ccnc3C2)c(F)c1. The fourth-order valence-corrected chi connectivity index (χ4v) is 2.31. The van der Waals surface area contributed by atoms with Crippen molar-refractivity contribution in [2.24, 2.45) is 0 Å². The summed E-state index contributed by atoms with van der Waals surface area (Å²) in [4.78, 5) is 18.1. The van der Waals surface area contributed by atoms with Gasteiger partial charge in [-0.25, -0.2) is 9.37 Å². The summed E-state index contributed by atoms with van der Waals surface area (Å²) in [5.74, 6) is 0.109. The minimum atomic E-state index is -0.459. The van der Waals surface area contributed by atoms with Gasteiger partial charge in [-0.05, 0) is 24.6 Å². The zero-order chi connectivity index (χ0) is 13.4. The van der Waals surface area contributed by atoms with Gasteiger partial charge in [-0.15, -0.1) is 0 Å². The van der Waals surface area contributed by atoms with Gasteiger partial charge in [0.2, 0.25) is 0 Å². The van der Waals surface area contributed by atoms with Gasteiger partial charge in [-0.1, -0.05) is 6.07 Å². The molecule has 0 atom stereocenters. The molecule has 0 bridgehead atoms. The van der Waals surface area contributed by atoms with Crippen LogP contribution in [-0.2, 0) is 13.1 Å². The van der Waals surface area contributed by atoms with Crippen LogP contribution >= 0.6 is 0 Å². The van der Waals surface area contributed by atoms with E-state index in [1.54, 1.807) is 30.2 Å². The van der Waals surface area contributed by atoms with Crippen molar-refractivity contribution in [3.63, 3.8) is 0 Å². The molecule has 3 rings (SSSR count). The van der Waals surface area contributed by atoms with Crippen molar-refractivity contribution in [1.82, 2.24) is 14.5 Å². The lowest BCUT2D eigenvalue weighted by Crippen LogP contribution is -2.38. The third-order valence-corrected chi connectivity index (χ3v) is 3.39. The van der Waals surface area contributed by atoms with E-state index in [9.17, 15) is 9.18 Å². The van der Waals surface area contributed by atoms with Crippen molar-refractivity contribution in [2.75, 3.05) is 6.54 Å². The number of rotatable bonds is 1. The zero-order valence-electron chi connectivity index (χ0n) is 10.6. The van der Waals surface area contributed by atoms with Crippen LogP contribution in [0, 0.1) is 12.7 Å². The summed E-state index contributed by atoms with van der Waals surface area (Å²) in [5, 5.41) is 0. The predicted molar refractivity (Wildman–Crippen MR) is 68.1 cm³/mol. The van der Waals surface area contributed by atoms with E-state index in [2.05, 4.69) is 4.98 Å². The first kappa shape index (κ1) is 11.9. The fourth-order valence-electron chi connectivity index (χ4n) is 2.31. The molecule has 98 valence electrons. The highest BCUT2D eigenvalue weighted by atomic mass is 19.1. The molecule has 19 heavy (non-hydrogen) atoms. The highest BCUT2D eigenvalue weighted by molar-refractivity contribution is 5.94. The second-order valence-electron chi connectivity index (χ2n) is 4.75. The van der Waals surface area contributed by atoms with E-state index >= 15 is 0 Å². The Morgan fingerprint density at radius 2 is 2.21 bits per heavy atom. The molecule has 1 aliphatic heterocycles. The molecule has 0 fully saturated rings. The van der Waals surface area contributed by atoms with Crippen molar-refractivity contribution in [2.45, 2.75) is 20.0 Å². The summed E-state index contributed by atoms with van der Waals surface area (Å²) in [6.07, 6.45) is 3.61. The topological polar surface area (TPSA) is 38.1 Å². The largest absolute Gasteiger partial charge is 0.332 e. The van der Waals surface area contributed by atoms with Crippen LogP contribution in [0.3, 0.4) is 0 Å². The number of aromatic nitrogens is 2. The molecule has 2 aromatic rings. The van der Waals surface area contributed by atoms with Crippen molar-refractivity contribution >= 4 is 5.91 Å². The summed E-state index contributed by atoms with van der Waals surface area (Å²) in [5.41, 5.74) is 0.939. The number of amides is 1. The first-order chi connectivity index (χ1) is 9.15. The van der Waals surface area contributed by atoms with Crippen LogP contribution in [0.2, 0.25) is 0 Å². The molecule has 4 nitrogen and oxygen atoms in total.